The van der Waals surface area contributed by atoms with Crippen molar-refractivity contribution in [1.82, 2.24) is 0 Å². The van der Waals surface area contributed by atoms with Crippen LogP contribution >= 0.6 is 27.7 Å². The summed E-state index contributed by atoms with van der Waals surface area (Å²) in [6, 6.07) is 19.5. The van der Waals surface area contributed by atoms with Crippen LogP contribution in [0.15, 0.2) is 81.0 Å². The average Bonchev–Trinajstić information content (AvgIpc) is 2.59. The van der Waals surface area contributed by atoms with Crippen molar-refractivity contribution in [2.45, 2.75) is 9.79 Å². The van der Waals surface area contributed by atoms with E-state index in [4.69, 9.17) is 5.73 Å². The van der Waals surface area contributed by atoms with Gasteiger partial charge in [-0.3, -0.25) is 4.79 Å². The number of hydrogen-bond acceptors (Lipinski definition) is 4. The van der Waals surface area contributed by atoms with E-state index in [9.17, 15) is 9.90 Å². The molecule has 0 aliphatic rings. The molecule has 4 nitrogen and oxygen atoms in total. The van der Waals surface area contributed by atoms with Crippen molar-refractivity contribution >= 4 is 45.0 Å². The van der Waals surface area contributed by atoms with Gasteiger partial charge in [0.1, 0.15) is 5.75 Å². The van der Waals surface area contributed by atoms with Crippen LogP contribution in [0.1, 0.15) is 10.4 Å². The fraction of sp³-hybridized carbons (Fsp3) is 0. The average molecular weight is 415 g/mol. The summed E-state index contributed by atoms with van der Waals surface area (Å²) in [7, 11) is 0. The number of phenols is 1. The molecule has 4 N–H and O–H groups in total. The van der Waals surface area contributed by atoms with Gasteiger partial charge < -0.3 is 16.2 Å². The number of halogens is 1. The third kappa shape index (κ3) is 4.55. The molecule has 1 amide bonds. The highest BCUT2D eigenvalue weighted by atomic mass is 79.9. The molecule has 0 saturated heterocycles. The minimum absolute atomic E-state index is 0.195. The van der Waals surface area contributed by atoms with Gasteiger partial charge in [0, 0.05) is 31.2 Å². The standard InChI is InChI=1S/C19H15BrN2O2S/c20-13-3-1-2-12(10-13)19(24)22-14-4-9-18(17(21)11-14)25-16-7-5-15(23)6-8-16/h1-11,23H,21H2,(H,22,24). The molecule has 0 bridgehead atoms. The summed E-state index contributed by atoms with van der Waals surface area (Å²) in [5, 5.41) is 12.2. The SMILES string of the molecule is Nc1cc(NC(=O)c2cccc(Br)c2)ccc1Sc1ccc(O)cc1. The molecule has 3 rings (SSSR count). The van der Waals surface area contributed by atoms with Crippen LogP contribution in [0, 0.1) is 0 Å². The lowest BCUT2D eigenvalue weighted by Gasteiger charge is -2.10. The first kappa shape index (κ1) is 17.4. The lowest BCUT2D eigenvalue weighted by atomic mass is 10.2. The molecule has 3 aromatic carbocycles. The topological polar surface area (TPSA) is 75.3 Å². The lowest BCUT2D eigenvalue weighted by molar-refractivity contribution is 0.102. The van der Waals surface area contributed by atoms with E-state index in [1.807, 2.05) is 36.4 Å². The van der Waals surface area contributed by atoms with Crippen molar-refractivity contribution < 1.29 is 9.90 Å². The zero-order valence-electron chi connectivity index (χ0n) is 13.1. The molecular weight excluding hydrogens is 400 g/mol. The van der Waals surface area contributed by atoms with E-state index in [0.717, 1.165) is 14.3 Å². The number of hydrogen-bond donors (Lipinski definition) is 3. The second-order valence-electron chi connectivity index (χ2n) is 5.31. The fourth-order valence-electron chi connectivity index (χ4n) is 2.19. The Bertz CT molecular complexity index is 914. The van der Waals surface area contributed by atoms with Crippen molar-refractivity contribution in [3.05, 3.63) is 76.8 Å². The number of phenolic OH excluding ortho intramolecular Hbond substituents is 1. The maximum Gasteiger partial charge on any atom is 0.255 e. The van der Waals surface area contributed by atoms with Crippen LogP contribution in [0.3, 0.4) is 0 Å². The Labute approximate surface area is 158 Å². The molecular formula is C19H15BrN2O2S. The van der Waals surface area contributed by atoms with E-state index in [2.05, 4.69) is 21.2 Å². The number of carbonyl (C=O) groups excluding carboxylic acids is 1. The van der Waals surface area contributed by atoms with Crippen LogP contribution in [0.2, 0.25) is 0 Å². The number of carbonyl (C=O) groups is 1. The monoisotopic (exact) mass is 414 g/mol. The Morgan fingerprint density at radius 3 is 2.48 bits per heavy atom. The highest BCUT2D eigenvalue weighted by Crippen LogP contribution is 2.34. The number of amides is 1. The number of aromatic hydroxyl groups is 1. The van der Waals surface area contributed by atoms with E-state index in [0.29, 0.717) is 16.9 Å². The van der Waals surface area contributed by atoms with Crippen LogP contribution in [0.25, 0.3) is 0 Å². The predicted molar refractivity (Wildman–Crippen MR) is 105 cm³/mol. The van der Waals surface area contributed by atoms with Crippen molar-refractivity contribution in [1.29, 1.82) is 0 Å². The van der Waals surface area contributed by atoms with Crippen molar-refractivity contribution in [3.8, 4) is 5.75 Å². The lowest BCUT2D eigenvalue weighted by Crippen LogP contribution is -2.12. The Hall–Kier alpha value is -2.44. The summed E-state index contributed by atoms with van der Waals surface area (Å²) >= 11 is 4.85. The molecule has 0 saturated carbocycles. The highest BCUT2D eigenvalue weighted by Gasteiger charge is 2.09. The highest BCUT2D eigenvalue weighted by molar-refractivity contribution is 9.10. The molecule has 0 fully saturated rings. The van der Waals surface area contributed by atoms with E-state index < -0.39 is 0 Å². The van der Waals surface area contributed by atoms with Crippen LogP contribution in [0.5, 0.6) is 5.75 Å². The van der Waals surface area contributed by atoms with E-state index in [1.54, 1.807) is 30.3 Å². The molecule has 0 aromatic heterocycles. The zero-order chi connectivity index (χ0) is 17.8. The number of rotatable bonds is 4. The first-order valence-electron chi connectivity index (χ1n) is 7.44. The molecule has 0 heterocycles. The van der Waals surface area contributed by atoms with Crippen molar-refractivity contribution in [3.63, 3.8) is 0 Å². The Morgan fingerprint density at radius 1 is 1.04 bits per heavy atom. The molecule has 126 valence electrons. The predicted octanol–water partition coefficient (Wildman–Crippen LogP) is 5.14. The fourth-order valence-corrected chi connectivity index (χ4v) is 3.43. The maximum atomic E-state index is 12.3. The molecule has 0 spiro atoms. The van der Waals surface area contributed by atoms with Crippen molar-refractivity contribution in [2.24, 2.45) is 0 Å². The normalized spacial score (nSPS) is 10.4. The minimum atomic E-state index is -0.195. The zero-order valence-corrected chi connectivity index (χ0v) is 15.5. The summed E-state index contributed by atoms with van der Waals surface area (Å²) in [5.74, 6) is 0.0302. The summed E-state index contributed by atoms with van der Waals surface area (Å²) < 4.78 is 0.848. The molecule has 0 atom stereocenters. The van der Waals surface area contributed by atoms with Gasteiger partial charge in [-0.15, -0.1) is 0 Å². The van der Waals surface area contributed by atoms with Gasteiger partial charge in [0.25, 0.3) is 5.91 Å². The molecule has 3 aromatic rings. The quantitative estimate of drug-likeness (QED) is 0.516. The van der Waals surface area contributed by atoms with Crippen LogP contribution in [-0.2, 0) is 0 Å². The number of nitrogen functional groups attached to an aromatic ring is 1. The largest absolute Gasteiger partial charge is 0.508 e. The number of nitrogens with one attached hydrogen (secondary N) is 1. The Kier molecular flexibility index (Phi) is 5.31. The van der Waals surface area contributed by atoms with Gasteiger partial charge in [-0.2, -0.15) is 0 Å². The van der Waals surface area contributed by atoms with Crippen LogP contribution in [-0.4, -0.2) is 11.0 Å². The molecule has 25 heavy (non-hydrogen) atoms. The molecule has 0 aliphatic heterocycles. The minimum Gasteiger partial charge on any atom is -0.508 e. The third-order valence-electron chi connectivity index (χ3n) is 3.42. The van der Waals surface area contributed by atoms with Gasteiger partial charge in [-0.05, 0) is 60.7 Å². The molecule has 0 unspecified atom stereocenters. The van der Waals surface area contributed by atoms with E-state index in [-0.39, 0.29) is 11.7 Å². The van der Waals surface area contributed by atoms with Crippen LogP contribution < -0.4 is 11.1 Å². The number of benzene rings is 3. The number of anilines is 2. The van der Waals surface area contributed by atoms with Gasteiger partial charge in [-0.25, -0.2) is 0 Å². The van der Waals surface area contributed by atoms with Crippen molar-refractivity contribution in [2.75, 3.05) is 11.1 Å². The smallest absolute Gasteiger partial charge is 0.255 e. The number of nitrogens with two attached hydrogens (primary N) is 1. The summed E-state index contributed by atoms with van der Waals surface area (Å²) in [6.45, 7) is 0. The van der Waals surface area contributed by atoms with Gasteiger partial charge in [-0.1, -0.05) is 33.8 Å². The molecule has 0 aliphatic carbocycles. The maximum absolute atomic E-state index is 12.3. The molecule has 0 radical (unpaired) electrons. The second-order valence-corrected chi connectivity index (χ2v) is 7.34. The summed E-state index contributed by atoms with van der Waals surface area (Å²) in [5.41, 5.74) is 7.88. The van der Waals surface area contributed by atoms with E-state index in [1.165, 1.54) is 11.8 Å². The Balaban J connectivity index is 1.73. The van der Waals surface area contributed by atoms with Gasteiger partial charge in [0.05, 0.1) is 0 Å². The second kappa shape index (κ2) is 7.63. The third-order valence-corrected chi connectivity index (χ3v) is 5.01. The Morgan fingerprint density at radius 2 is 1.80 bits per heavy atom. The summed E-state index contributed by atoms with van der Waals surface area (Å²) in [4.78, 5) is 14.1. The van der Waals surface area contributed by atoms with Crippen LogP contribution in [0.4, 0.5) is 11.4 Å². The molecule has 6 heteroatoms. The first-order valence-corrected chi connectivity index (χ1v) is 9.05. The summed E-state index contributed by atoms with van der Waals surface area (Å²) in [6.07, 6.45) is 0. The van der Waals surface area contributed by atoms with Gasteiger partial charge >= 0.3 is 0 Å². The van der Waals surface area contributed by atoms with Gasteiger partial charge in [0.15, 0.2) is 0 Å². The first-order chi connectivity index (χ1) is 12.0. The van der Waals surface area contributed by atoms with Gasteiger partial charge in [0.2, 0.25) is 0 Å². The van der Waals surface area contributed by atoms with E-state index >= 15 is 0 Å².